The van der Waals surface area contributed by atoms with Crippen LogP contribution in [0.5, 0.6) is 0 Å². The van der Waals surface area contributed by atoms with Gasteiger partial charge in [0, 0.05) is 18.7 Å². The average molecular weight is 429 g/mol. The molecule has 0 atom stereocenters. The minimum atomic E-state index is -0.989. The summed E-state index contributed by atoms with van der Waals surface area (Å²) >= 11 is 0. The number of nitrogens with zero attached hydrogens (tertiary/aromatic N) is 4. The molecule has 0 unspecified atom stereocenters. The monoisotopic (exact) mass is 428 g/mol. The number of carbonyl (C=O) groups is 1. The normalized spacial score (nSPS) is 11.6. The Hall–Kier alpha value is -3.51. The lowest BCUT2D eigenvalue weighted by molar-refractivity contribution is 0.0316. The molecular weight excluding hydrogens is 400 g/mol. The predicted octanol–water partition coefficient (Wildman–Crippen LogP) is 4.38. The number of aromatic nitrogens is 3. The van der Waals surface area contributed by atoms with Gasteiger partial charge >= 0.3 is 0 Å². The highest BCUT2D eigenvalue weighted by atomic mass is 16.3. The molecule has 0 bridgehead atoms. The highest BCUT2D eigenvalue weighted by Crippen LogP contribution is 2.27. The largest absolute Gasteiger partial charge is 0.389 e. The number of carbonyl (C=O) groups excluding carboxylic acids is 1. The Morgan fingerprint density at radius 3 is 2.34 bits per heavy atom. The van der Waals surface area contributed by atoms with Crippen LogP contribution in [-0.4, -0.2) is 49.4 Å². The fourth-order valence-electron chi connectivity index (χ4n) is 3.82. The van der Waals surface area contributed by atoms with Gasteiger partial charge in [0.15, 0.2) is 5.65 Å². The van der Waals surface area contributed by atoms with E-state index in [-0.39, 0.29) is 12.5 Å². The number of likely N-dealkylation sites (N-methyl/N-ethyl adjacent to an activating group) is 1. The SMILES string of the molecule is CCN(CC(C)(C)O)C(=O)c1cc(-c2ccccc2)nc2c1cnn2Cc1ccccc1. The second-order valence-corrected chi connectivity index (χ2v) is 8.58. The molecule has 6 heteroatoms. The van der Waals surface area contributed by atoms with Crippen molar-refractivity contribution in [3.63, 3.8) is 0 Å². The molecule has 32 heavy (non-hydrogen) atoms. The van der Waals surface area contributed by atoms with Crippen LogP contribution in [0.15, 0.2) is 72.9 Å². The van der Waals surface area contributed by atoms with E-state index in [1.54, 1.807) is 24.9 Å². The Labute approximate surface area is 188 Å². The van der Waals surface area contributed by atoms with Crippen LogP contribution in [0.3, 0.4) is 0 Å². The number of aliphatic hydroxyl groups is 1. The number of fused-ring (bicyclic) bond motifs is 1. The fraction of sp³-hybridized carbons (Fsp3) is 0.269. The summed E-state index contributed by atoms with van der Waals surface area (Å²) in [7, 11) is 0. The van der Waals surface area contributed by atoms with Crippen molar-refractivity contribution in [2.45, 2.75) is 32.9 Å². The van der Waals surface area contributed by atoms with Crippen LogP contribution >= 0.6 is 0 Å². The van der Waals surface area contributed by atoms with E-state index in [4.69, 9.17) is 4.98 Å². The van der Waals surface area contributed by atoms with Crippen molar-refractivity contribution in [2.24, 2.45) is 0 Å². The zero-order chi connectivity index (χ0) is 22.7. The molecule has 6 nitrogen and oxygen atoms in total. The van der Waals surface area contributed by atoms with Crippen LogP contribution in [0.1, 0.15) is 36.7 Å². The molecule has 0 aliphatic rings. The van der Waals surface area contributed by atoms with Gasteiger partial charge in [0.1, 0.15) is 0 Å². The highest BCUT2D eigenvalue weighted by molar-refractivity contribution is 6.06. The molecule has 2 aromatic heterocycles. The van der Waals surface area contributed by atoms with Gasteiger partial charge in [0.25, 0.3) is 5.91 Å². The van der Waals surface area contributed by atoms with Gasteiger partial charge in [0.05, 0.1) is 35.0 Å². The van der Waals surface area contributed by atoms with E-state index in [1.807, 2.05) is 78.3 Å². The molecule has 1 amide bonds. The zero-order valence-corrected chi connectivity index (χ0v) is 18.7. The summed E-state index contributed by atoms with van der Waals surface area (Å²) in [5, 5.41) is 15.6. The molecule has 2 heterocycles. The van der Waals surface area contributed by atoms with Crippen molar-refractivity contribution < 1.29 is 9.90 Å². The molecule has 0 aliphatic carbocycles. The van der Waals surface area contributed by atoms with E-state index < -0.39 is 5.60 Å². The minimum absolute atomic E-state index is 0.140. The third kappa shape index (κ3) is 4.70. The molecule has 164 valence electrons. The third-order valence-electron chi connectivity index (χ3n) is 5.33. The molecule has 1 N–H and O–H groups in total. The Kier molecular flexibility index (Phi) is 6.06. The smallest absolute Gasteiger partial charge is 0.254 e. The maximum absolute atomic E-state index is 13.6. The van der Waals surface area contributed by atoms with Gasteiger partial charge in [-0.1, -0.05) is 60.7 Å². The van der Waals surface area contributed by atoms with Gasteiger partial charge in [-0.2, -0.15) is 5.10 Å². The minimum Gasteiger partial charge on any atom is -0.389 e. The van der Waals surface area contributed by atoms with Crippen molar-refractivity contribution in [3.8, 4) is 11.3 Å². The third-order valence-corrected chi connectivity index (χ3v) is 5.33. The number of hydrogen-bond donors (Lipinski definition) is 1. The zero-order valence-electron chi connectivity index (χ0n) is 18.7. The summed E-state index contributed by atoms with van der Waals surface area (Å²) in [5.41, 5.74) is 2.97. The molecule has 0 aliphatic heterocycles. The van der Waals surface area contributed by atoms with E-state index >= 15 is 0 Å². The van der Waals surface area contributed by atoms with Gasteiger partial charge < -0.3 is 10.0 Å². The standard InChI is InChI=1S/C26H28N4O2/c1-4-29(18-26(2,3)32)25(31)21-15-23(20-13-9-6-10-14-20)28-24-22(21)16-27-30(24)17-19-11-7-5-8-12-19/h5-16,32H,4,17-18H2,1-3H3. The summed E-state index contributed by atoms with van der Waals surface area (Å²) in [6.45, 7) is 6.62. The molecule has 0 fully saturated rings. The van der Waals surface area contributed by atoms with E-state index in [9.17, 15) is 9.90 Å². The van der Waals surface area contributed by atoms with Gasteiger partial charge in [-0.15, -0.1) is 0 Å². The van der Waals surface area contributed by atoms with E-state index in [1.165, 1.54) is 0 Å². The van der Waals surface area contributed by atoms with Crippen LogP contribution < -0.4 is 0 Å². The number of hydrogen-bond acceptors (Lipinski definition) is 4. The first-order valence-electron chi connectivity index (χ1n) is 10.8. The molecule has 0 saturated carbocycles. The number of pyridine rings is 1. The van der Waals surface area contributed by atoms with Crippen molar-refractivity contribution in [1.29, 1.82) is 0 Å². The van der Waals surface area contributed by atoms with Crippen LogP contribution in [0.25, 0.3) is 22.3 Å². The number of benzene rings is 2. The summed E-state index contributed by atoms with van der Waals surface area (Å²) in [5.74, 6) is -0.140. The van der Waals surface area contributed by atoms with E-state index in [0.29, 0.717) is 29.7 Å². The molecule has 0 spiro atoms. The predicted molar refractivity (Wildman–Crippen MR) is 126 cm³/mol. The molecule has 4 rings (SSSR count). The first-order valence-corrected chi connectivity index (χ1v) is 10.8. The lowest BCUT2D eigenvalue weighted by Gasteiger charge is -2.28. The van der Waals surface area contributed by atoms with Crippen molar-refractivity contribution >= 4 is 16.9 Å². The lowest BCUT2D eigenvalue weighted by Crippen LogP contribution is -2.42. The second-order valence-electron chi connectivity index (χ2n) is 8.58. The van der Waals surface area contributed by atoms with Gasteiger partial charge in [-0.25, -0.2) is 9.67 Å². The molecular formula is C26H28N4O2. The van der Waals surface area contributed by atoms with Crippen LogP contribution in [0, 0.1) is 0 Å². The summed E-state index contributed by atoms with van der Waals surface area (Å²) in [6, 6.07) is 21.7. The van der Waals surface area contributed by atoms with Crippen molar-refractivity contribution in [3.05, 3.63) is 84.1 Å². The molecule has 0 radical (unpaired) electrons. The quantitative estimate of drug-likeness (QED) is 0.474. The maximum Gasteiger partial charge on any atom is 0.254 e. The van der Waals surface area contributed by atoms with Gasteiger partial charge in [-0.3, -0.25) is 4.79 Å². The fourth-order valence-corrected chi connectivity index (χ4v) is 3.82. The molecule has 0 saturated heterocycles. The first kappa shape index (κ1) is 21.7. The van der Waals surface area contributed by atoms with E-state index in [2.05, 4.69) is 5.10 Å². The Balaban J connectivity index is 1.85. The highest BCUT2D eigenvalue weighted by Gasteiger charge is 2.25. The molecule has 4 aromatic rings. The van der Waals surface area contributed by atoms with Gasteiger partial charge in [0.2, 0.25) is 0 Å². The van der Waals surface area contributed by atoms with Crippen molar-refractivity contribution in [2.75, 3.05) is 13.1 Å². The lowest BCUT2D eigenvalue weighted by atomic mass is 10.0. The van der Waals surface area contributed by atoms with E-state index in [0.717, 1.165) is 16.8 Å². The first-order chi connectivity index (χ1) is 15.4. The Morgan fingerprint density at radius 2 is 1.72 bits per heavy atom. The Bertz CT molecular complexity index is 1210. The second kappa shape index (κ2) is 8.93. The van der Waals surface area contributed by atoms with Crippen LogP contribution in [0.2, 0.25) is 0 Å². The summed E-state index contributed by atoms with van der Waals surface area (Å²) in [4.78, 5) is 20.1. The maximum atomic E-state index is 13.6. The number of rotatable bonds is 7. The average Bonchev–Trinajstić information content (AvgIpc) is 3.19. The topological polar surface area (TPSA) is 71.2 Å². The van der Waals surface area contributed by atoms with Gasteiger partial charge in [-0.05, 0) is 32.4 Å². The molecule has 2 aromatic carbocycles. The van der Waals surface area contributed by atoms with Crippen molar-refractivity contribution in [1.82, 2.24) is 19.7 Å². The van der Waals surface area contributed by atoms with Crippen LogP contribution in [-0.2, 0) is 6.54 Å². The number of amides is 1. The Morgan fingerprint density at radius 1 is 1.06 bits per heavy atom. The summed E-state index contributed by atoms with van der Waals surface area (Å²) in [6.07, 6.45) is 1.71. The van der Waals surface area contributed by atoms with Crippen LogP contribution in [0.4, 0.5) is 0 Å². The summed E-state index contributed by atoms with van der Waals surface area (Å²) < 4.78 is 1.83.